The van der Waals surface area contributed by atoms with Crippen LogP contribution in [0.4, 0.5) is 5.69 Å². The van der Waals surface area contributed by atoms with E-state index in [0.29, 0.717) is 5.69 Å². The second kappa shape index (κ2) is 9.37. The first-order valence-corrected chi connectivity index (χ1v) is 14.5. The number of para-hydroxylation sites is 1. The quantitative estimate of drug-likeness (QED) is 0.330. The normalized spacial score (nSPS) is 25.9. The molecule has 2 aromatic carbocycles. The zero-order valence-electron chi connectivity index (χ0n) is 19.6. The Labute approximate surface area is 197 Å². The summed E-state index contributed by atoms with van der Waals surface area (Å²) in [6.07, 6.45) is 3.05. The number of aliphatic hydroxyl groups excluding tert-OH is 1. The molecule has 0 aromatic heterocycles. The molecule has 0 saturated carbocycles. The van der Waals surface area contributed by atoms with Crippen LogP contribution in [0.1, 0.15) is 38.9 Å². The van der Waals surface area contributed by atoms with Crippen LogP contribution in [-0.2, 0) is 14.0 Å². The van der Waals surface area contributed by atoms with Crippen molar-refractivity contribution in [1.82, 2.24) is 0 Å². The minimum Gasteiger partial charge on any atom is -0.405 e. The fourth-order valence-corrected chi connectivity index (χ4v) is 8.31. The third-order valence-corrected chi connectivity index (χ3v) is 12.2. The third kappa shape index (κ3) is 4.12. The van der Waals surface area contributed by atoms with Gasteiger partial charge in [0.1, 0.15) is 11.7 Å². The second-order valence-electron chi connectivity index (χ2n) is 9.16. The van der Waals surface area contributed by atoms with Gasteiger partial charge < -0.3 is 9.53 Å². The van der Waals surface area contributed by atoms with Crippen LogP contribution < -0.4 is 4.90 Å². The molecule has 33 heavy (non-hydrogen) atoms. The SMILES string of the molecule is CC[Si](CC)(CC)O[C@]1([C@H](O)c2ccccc2)C=C[C@H]2C(=O)N(c3ccccc3)C(=O)[C@H]2C1. The molecule has 1 fully saturated rings. The zero-order chi connectivity index (χ0) is 23.6. The fourth-order valence-electron chi connectivity index (χ4n) is 5.31. The van der Waals surface area contributed by atoms with E-state index in [1.54, 1.807) is 12.1 Å². The van der Waals surface area contributed by atoms with Crippen LogP contribution in [0.15, 0.2) is 72.8 Å². The number of rotatable bonds is 8. The number of anilines is 1. The van der Waals surface area contributed by atoms with Crippen LogP contribution in [0, 0.1) is 11.8 Å². The summed E-state index contributed by atoms with van der Waals surface area (Å²) in [5.74, 6) is -1.51. The number of amides is 2. The van der Waals surface area contributed by atoms with Crippen LogP contribution in [-0.4, -0.2) is 30.8 Å². The van der Waals surface area contributed by atoms with Gasteiger partial charge in [0.25, 0.3) is 0 Å². The molecular weight excluding hydrogens is 430 g/mol. The van der Waals surface area contributed by atoms with E-state index in [4.69, 9.17) is 4.43 Å². The molecule has 4 atom stereocenters. The molecule has 1 aliphatic heterocycles. The smallest absolute Gasteiger partial charge is 0.241 e. The van der Waals surface area contributed by atoms with Gasteiger partial charge in [-0.25, -0.2) is 4.90 Å². The van der Waals surface area contributed by atoms with Gasteiger partial charge in [0.05, 0.1) is 17.5 Å². The number of benzene rings is 2. The Balaban J connectivity index is 1.75. The maximum absolute atomic E-state index is 13.5. The fraction of sp³-hybridized carbons (Fsp3) is 0.407. The minimum absolute atomic E-state index is 0.208. The topological polar surface area (TPSA) is 66.8 Å². The number of aliphatic hydroxyl groups is 1. The van der Waals surface area contributed by atoms with Crippen molar-refractivity contribution in [3.8, 4) is 0 Å². The molecule has 0 radical (unpaired) electrons. The predicted molar refractivity (Wildman–Crippen MR) is 132 cm³/mol. The third-order valence-electron chi connectivity index (χ3n) is 7.53. The Bertz CT molecular complexity index is 1010. The van der Waals surface area contributed by atoms with Gasteiger partial charge in [0.2, 0.25) is 11.8 Å². The van der Waals surface area contributed by atoms with E-state index >= 15 is 0 Å². The molecule has 1 heterocycles. The highest BCUT2D eigenvalue weighted by atomic mass is 28.4. The van der Waals surface area contributed by atoms with Crippen molar-refractivity contribution in [2.45, 2.75) is 57.0 Å². The highest BCUT2D eigenvalue weighted by molar-refractivity contribution is 6.73. The molecular formula is C27H33NO4Si. The lowest BCUT2D eigenvalue weighted by Crippen LogP contribution is -2.52. The van der Waals surface area contributed by atoms with Crippen molar-refractivity contribution < 1.29 is 19.1 Å². The van der Waals surface area contributed by atoms with Crippen LogP contribution in [0.3, 0.4) is 0 Å². The van der Waals surface area contributed by atoms with Gasteiger partial charge in [-0.05, 0) is 42.2 Å². The van der Waals surface area contributed by atoms with Gasteiger partial charge in [-0.15, -0.1) is 0 Å². The minimum atomic E-state index is -2.16. The summed E-state index contributed by atoms with van der Waals surface area (Å²) in [5, 5.41) is 11.6. The maximum atomic E-state index is 13.5. The Kier molecular flexibility index (Phi) is 6.70. The number of fused-ring (bicyclic) bond motifs is 1. The Morgan fingerprint density at radius 2 is 1.55 bits per heavy atom. The van der Waals surface area contributed by atoms with E-state index in [1.165, 1.54) is 4.90 Å². The molecule has 4 rings (SSSR count). The van der Waals surface area contributed by atoms with Crippen LogP contribution in [0.5, 0.6) is 0 Å². The summed E-state index contributed by atoms with van der Waals surface area (Å²) in [5.41, 5.74) is 0.299. The van der Waals surface area contributed by atoms with E-state index in [1.807, 2.05) is 60.7 Å². The lowest BCUT2D eigenvalue weighted by Gasteiger charge is -2.46. The number of carbonyl (C=O) groups is 2. The molecule has 0 bridgehead atoms. The van der Waals surface area contributed by atoms with Crippen LogP contribution in [0.2, 0.25) is 18.1 Å². The number of carbonyl (C=O) groups excluding carboxylic acids is 2. The standard InChI is InChI=1S/C27H33NO4Si/c1-4-33(5-2,6-3)32-27(24(29)20-13-9-7-10-14-20)18-17-22-23(19-27)26(31)28(25(22)30)21-15-11-8-12-16-21/h7-18,22-24,29H,4-6,19H2,1-3H3/t22-,23+,24-,27-/m1/s1. The average Bonchev–Trinajstić information content (AvgIpc) is 3.12. The Morgan fingerprint density at radius 3 is 2.12 bits per heavy atom. The lowest BCUT2D eigenvalue weighted by molar-refractivity contribution is -0.124. The first-order valence-electron chi connectivity index (χ1n) is 12.0. The molecule has 174 valence electrons. The highest BCUT2D eigenvalue weighted by Gasteiger charge is 2.56. The summed E-state index contributed by atoms with van der Waals surface area (Å²) in [6.45, 7) is 6.45. The monoisotopic (exact) mass is 463 g/mol. The van der Waals surface area contributed by atoms with Gasteiger partial charge in [0.15, 0.2) is 8.32 Å². The average molecular weight is 464 g/mol. The molecule has 6 heteroatoms. The number of nitrogens with zero attached hydrogens (tertiary/aromatic N) is 1. The largest absolute Gasteiger partial charge is 0.405 e. The van der Waals surface area contributed by atoms with Gasteiger partial charge in [-0.1, -0.05) is 81.5 Å². The van der Waals surface area contributed by atoms with E-state index in [0.717, 1.165) is 23.7 Å². The molecule has 1 aliphatic carbocycles. The molecule has 1 saturated heterocycles. The highest BCUT2D eigenvalue weighted by Crippen LogP contribution is 2.48. The molecule has 2 aromatic rings. The van der Waals surface area contributed by atoms with E-state index in [2.05, 4.69) is 20.8 Å². The van der Waals surface area contributed by atoms with Gasteiger partial charge in [0, 0.05) is 0 Å². The van der Waals surface area contributed by atoms with Crippen molar-refractivity contribution in [2.75, 3.05) is 4.90 Å². The van der Waals surface area contributed by atoms with Crippen LogP contribution in [0.25, 0.3) is 0 Å². The summed E-state index contributed by atoms with van der Waals surface area (Å²) in [4.78, 5) is 28.0. The lowest BCUT2D eigenvalue weighted by atomic mass is 9.74. The first-order chi connectivity index (χ1) is 15.9. The molecule has 2 amide bonds. The molecule has 1 N–H and O–H groups in total. The molecule has 0 spiro atoms. The van der Waals surface area contributed by atoms with Crippen molar-refractivity contribution in [3.05, 3.63) is 78.4 Å². The second-order valence-corrected chi connectivity index (χ2v) is 13.8. The molecule has 2 aliphatic rings. The summed E-state index contributed by atoms with van der Waals surface area (Å²) >= 11 is 0. The summed E-state index contributed by atoms with van der Waals surface area (Å²) in [7, 11) is -2.16. The van der Waals surface area contributed by atoms with Crippen molar-refractivity contribution in [1.29, 1.82) is 0 Å². The van der Waals surface area contributed by atoms with E-state index in [9.17, 15) is 14.7 Å². The maximum Gasteiger partial charge on any atom is 0.241 e. The van der Waals surface area contributed by atoms with Crippen molar-refractivity contribution in [2.24, 2.45) is 11.8 Å². The van der Waals surface area contributed by atoms with Crippen molar-refractivity contribution >= 4 is 25.8 Å². The van der Waals surface area contributed by atoms with Gasteiger partial charge >= 0.3 is 0 Å². The van der Waals surface area contributed by atoms with E-state index < -0.39 is 31.9 Å². The summed E-state index contributed by atoms with van der Waals surface area (Å²) in [6, 6.07) is 21.3. The van der Waals surface area contributed by atoms with Crippen molar-refractivity contribution in [3.63, 3.8) is 0 Å². The Morgan fingerprint density at radius 1 is 0.970 bits per heavy atom. The van der Waals surface area contributed by atoms with Crippen LogP contribution >= 0.6 is 0 Å². The summed E-state index contributed by atoms with van der Waals surface area (Å²) < 4.78 is 6.98. The molecule has 5 nitrogen and oxygen atoms in total. The molecule has 0 unspecified atom stereocenters. The van der Waals surface area contributed by atoms with Gasteiger partial charge in [-0.2, -0.15) is 0 Å². The number of hydrogen-bond acceptors (Lipinski definition) is 4. The number of imide groups is 1. The number of hydrogen-bond donors (Lipinski definition) is 1. The first kappa shape index (κ1) is 23.6. The van der Waals surface area contributed by atoms with Gasteiger partial charge in [-0.3, -0.25) is 9.59 Å². The predicted octanol–water partition coefficient (Wildman–Crippen LogP) is 5.25. The zero-order valence-corrected chi connectivity index (χ0v) is 20.6. The Hall–Kier alpha value is -2.54. The van der Waals surface area contributed by atoms with E-state index in [-0.39, 0.29) is 18.2 Å².